The van der Waals surface area contributed by atoms with Gasteiger partial charge >= 0.3 is 5.97 Å². The molecule has 6 nitrogen and oxygen atoms in total. The predicted octanol–water partition coefficient (Wildman–Crippen LogP) is 5.08. The lowest BCUT2D eigenvalue weighted by Crippen LogP contribution is -2.14. The molecule has 3 aromatic rings. The number of carbonyl (C=O) groups is 1. The Labute approximate surface area is 176 Å². The minimum atomic E-state index is -1.00. The maximum Gasteiger partial charge on any atom is 0.341 e. The van der Waals surface area contributed by atoms with Crippen LogP contribution in [0.1, 0.15) is 17.7 Å². The highest BCUT2D eigenvalue weighted by Crippen LogP contribution is 2.42. The average Bonchev–Trinajstić information content (AvgIpc) is 3.20. The topological polar surface area (TPSA) is 81.8 Å². The third kappa shape index (κ3) is 4.68. The summed E-state index contributed by atoms with van der Waals surface area (Å²) in [6.07, 6.45) is 1.67. The summed E-state index contributed by atoms with van der Waals surface area (Å²) in [6.45, 7) is 0.263. The molecular formula is C21H18ClNO5S. The second-order valence-corrected chi connectivity index (χ2v) is 7.94. The maximum absolute atomic E-state index is 10.8. The Morgan fingerprint density at radius 2 is 2.07 bits per heavy atom. The van der Waals surface area contributed by atoms with Gasteiger partial charge in [-0.05, 0) is 49.2 Å². The SMILES string of the molecule is O=C(O)COc1ccc(SCc2cc(-c3ccc(Cl)cc3)on2)c2c1CCCO2. The van der Waals surface area contributed by atoms with E-state index in [0.29, 0.717) is 28.9 Å². The Kier molecular flexibility index (Phi) is 5.97. The lowest BCUT2D eigenvalue weighted by atomic mass is 10.1. The van der Waals surface area contributed by atoms with Crippen LogP contribution >= 0.6 is 23.4 Å². The van der Waals surface area contributed by atoms with Crippen molar-refractivity contribution in [3.63, 3.8) is 0 Å². The van der Waals surface area contributed by atoms with Gasteiger partial charge in [-0.25, -0.2) is 4.79 Å². The van der Waals surface area contributed by atoms with Crippen LogP contribution in [-0.2, 0) is 17.0 Å². The zero-order chi connectivity index (χ0) is 20.2. The van der Waals surface area contributed by atoms with Crippen molar-refractivity contribution in [2.45, 2.75) is 23.5 Å². The molecule has 0 unspecified atom stereocenters. The van der Waals surface area contributed by atoms with E-state index in [0.717, 1.165) is 40.3 Å². The standard InChI is InChI=1S/C21H18ClNO5S/c22-14-5-3-13(4-6-14)18-10-15(23-28-18)12-29-19-8-7-17(27-11-20(24)25)16-2-1-9-26-21(16)19/h3-8,10H,1-2,9,11-12H2,(H,24,25). The molecule has 4 rings (SSSR count). The third-order valence-corrected chi connectivity index (χ3v) is 5.74. The minimum Gasteiger partial charge on any atom is -0.492 e. The highest BCUT2D eigenvalue weighted by Gasteiger charge is 2.21. The summed E-state index contributed by atoms with van der Waals surface area (Å²) in [7, 11) is 0. The Hall–Kier alpha value is -2.64. The number of nitrogens with zero attached hydrogens (tertiary/aromatic N) is 1. The van der Waals surface area contributed by atoms with Crippen molar-refractivity contribution in [3.8, 4) is 22.8 Å². The molecule has 0 saturated carbocycles. The van der Waals surface area contributed by atoms with Crippen LogP contribution in [0.5, 0.6) is 11.5 Å². The number of thioether (sulfide) groups is 1. The number of halogens is 1. The molecule has 0 bridgehead atoms. The first-order valence-electron chi connectivity index (χ1n) is 9.08. The normalized spacial score (nSPS) is 12.9. The van der Waals surface area contributed by atoms with Gasteiger partial charge in [-0.15, -0.1) is 11.8 Å². The molecule has 29 heavy (non-hydrogen) atoms. The molecule has 0 amide bonds. The van der Waals surface area contributed by atoms with E-state index in [1.165, 1.54) is 0 Å². The molecule has 0 fully saturated rings. The quantitative estimate of drug-likeness (QED) is 0.522. The monoisotopic (exact) mass is 431 g/mol. The highest BCUT2D eigenvalue weighted by atomic mass is 35.5. The van der Waals surface area contributed by atoms with Crippen LogP contribution in [0.25, 0.3) is 11.3 Å². The van der Waals surface area contributed by atoms with Gasteiger partial charge in [0.15, 0.2) is 12.4 Å². The lowest BCUT2D eigenvalue weighted by molar-refractivity contribution is -0.139. The van der Waals surface area contributed by atoms with Gasteiger partial charge in [0.25, 0.3) is 0 Å². The van der Waals surface area contributed by atoms with Crippen LogP contribution < -0.4 is 9.47 Å². The largest absolute Gasteiger partial charge is 0.492 e. The van der Waals surface area contributed by atoms with Crippen LogP contribution in [0.2, 0.25) is 5.02 Å². The summed E-state index contributed by atoms with van der Waals surface area (Å²) in [5.74, 6) is 1.63. The number of carboxylic acids is 1. The van der Waals surface area contributed by atoms with Crippen molar-refractivity contribution >= 4 is 29.3 Å². The fourth-order valence-corrected chi connectivity index (χ4v) is 4.12. The highest BCUT2D eigenvalue weighted by molar-refractivity contribution is 7.98. The van der Waals surface area contributed by atoms with Crippen LogP contribution in [0, 0.1) is 0 Å². The fraction of sp³-hybridized carbons (Fsp3) is 0.238. The number of aromatic nitrogens is 1. The van der Waals surface area contributed by atoms with E-state index in [9.17, 15) is 4.79 Å². The van der Waals surface area contributed by atoms with Crippen LogP contribution in [0.3, 0.4) is 0 Å². The first kappa shape index (κ1) is 19.7. The molecule has 150 valence electrons. The summed E-state index contributed by atoms with van der Waals surface area (Å²) in [4.78, 5) is 11.8. The maximum atomic E-state index is 10.8. The molecule has 0 radical (unpaired) electrons. The third-order valence-electron chi connectivity index (χ3n) is 4.41. The first-order valence-corrected chi connectivity index (χ1v) is 10.4. The summed E-state index contributed by atoms with van der Waals surface area (Å²) in [6, 6.07) is 13.0. The van der Waals surface area contributed by atoms with Gasteiger partial charge in [-0.2, -0.15) is 0 Å². The van der Waals surface area contributed by atoms with E-state index in [-0.39, 0.29) is 6.61 Å². The number of rotatable bonds is 7. The van der Waals surface area contributed by atoms with Crippen molar-refractivity contribution in [2.24, 2.45) is 0 Å². The van der Waals surface area contributed by atoms with Crippen molar-refractivity contribution in [1.29, 1.82) is 0 Å². The summed E-state index contributed by atoms with van der Waals surface area (Å²) >= 11 is 7.52. The number of hydrogen-bond donors (Lipinski definition) is 1. The zero-order valence-electron chi connectivity index (χ0n) is 15.4. The summed E-state index contributed by atoms with van der Waals surface area (Å²) < 4.78 is 16.7. The number of carboxylic acid groups (broad SMARTS) is 1. The smallest absolute Gasteiger partial charge is 0.341 e. The minimum absolute atomic E-state index is 0.370. The molecule has 1 aliphatic rings. The first-order chi connectivity index (χ1) is 14.1. The Morgan fingerprint density at radius 1 is 1.24 bits per heavy atom. The van der Waals surface area contributed by atoms with Gasteiger partial charge in [-0.3, -0.25) is 0 Å². The second-order valence-electron chi connectivity index (χ2n) is 6.48. The molecule has 2 heterocycles. The summed E-state index contributed by atoms with van der Waals surface area (Å²) in [5, 5.41) is 13.7. The van der Waals surface area contributed by atoms with E-state index in [1.54, 1.807) is 17.8 Å². The number of benzene rings is 2. The van der Waals surface area contributed by atoms with Gasteiger partial charge in [0.05, 0.1) is 17.2 Å². The number of hydrogen-bond acceptors (Lipinski definition) is 6. The molecule has 0 aliphatic carbocycles. The average molecular weight is 432 g/mol. The lowest BCUT2D eigenvalue weighted by Gasteiger charge is -2.22. The number of ether oxygens (including phenoxy) is 2. The van der Waals surface area contributed by atoms with Gasteiger partial charge < -0.3 is 19.1 Å². The molecule has 0 atom stereocenters. The Balaban J connectivity index is 1.48. The van der Waals surface area contributed by atoms with Gasteiger partial charge in [0, 0.05) is 28.0 Å². The molecule has 2 aromatic carbocycles. The van der Waals surface area contributed by atoms with Crippen LogP contribution in [0.15, 0.2) is 51.9 Å². The van der Waals surface area contributed by atoms with Gasteiger partial charge in [0.2, 0.25) is 0 Å². The van der Waals surface area contributed by atoms with E-state index >= 15 is 0 Å². The molecule has 1 aliphatic heterocycles. The van der Waals surface area contributed by atoms with Gasteiger partial charge in [-0.1, -0.05) is 16.8 Å². The zero-order valence-corrected chi connectivity index (χ0v) is 17.0. The van der Waals surface area contributed by atoms with Crippen molar-refractivity contribution in [1.82, 2.24) is 5.16 Å². The number of aliphatic carboxylic acids is 1. The predicted molar refractivity (Wildman–Crippen MR) is 110 cm³/mol. The van der Waals surface area contributed by atoms with Crippen LogP contribution in [0.4, 0.5) is 0 Å². The van der Waals surface area contributed by atoms with Gasteiger partial charge in [0.1, 0.15) is 11.5 Å². The van der Waals surface area contributed by atoms with Crippen LogP contribution in [-0.4, -0.2) is 29.4 Å². The second kappa shape index (κ2) is 8.80. The van der Waals surface area contributed by atoms with Crippen molar-refractivity contribution < 1.29 is 23.9 Å². The molecule has 1 aromatic heterocycles. The van der Waals surface area contributed by atoms with Crippen molar-refractivity contribution in [2.75, 3.05) is 13.2 Å². The van der Waals surface area contributed by atoms with E-state index < -0.39 is 5.97 Å². The fourth-order valence-electron chi connectivity index (χ4n) is 3.08. The molecular weight excluding hydrogens is 414 g/mol. The Bertz CT molecular complexity index is 1020. The molecule has 1 N–H and O–H groups in total. The molecule has 0 saturated heterocycles. The summed E-state index contributed by atoms with van der Waals surface area (Å²) in [5.41, 5.74) is 2.65. The van der Waals surface area contributed by atoms with E-state index in [4.69, 9.17) is 30.7 Å². The Morgan fingerprint density at radius 3 is 2.86 bits per heavy atom. The number of fused-ring (bicyclic) bond motifs is 1. The van der Waals surface area contributed by atoms with Crippen molar-refractivity contribution in [3.05, 3.63) is 58.7 Å². The molecule has 0 spiro atoms. The molecule has 8 heteroatoms. The van der Waals surface area contributed by atoms with E-state index in [1.807, 2.05) is 36.4 Å². The van der Waals surface area contributed by atoms with E-state index in [2.05, 4.69) is 5.16 Å².